The van der Waals surface area contributed by atoms with E-state index in [1.807, 2.05) is 61.5 Å². The van der Waals surface area contributed by atoms with Gasteiger partial charge in [-0.05, 0) is 62.7 Å². The van der Waals surface area contributed by atoms with Gasteiger partial charge in [-0.2, -0.15) is 4.98 Å². The highest BCUT2D eigenvalue weighted by Gasteiger charge is 2.27. The van der Waals surface area contributed by atoms with Gasteiger partial charge in [-0.15, -0.1) is 0 Å². The zero-order valence-electron chi connectivity index (χ0n) is 16.9. The van der Waals surface area contributed by atoms with Gasteiger partial charge in [0.2, 0.25) is 17.6 Å². The van der Waals surface area contributed by atoms with Crippen molar-refractivity contribution in [3.8, 4) is 11.4 Å². The van der Waals surface area contributed by atoms with E-state index in [9.17, 15) is 4.79 Å². The molecule has 0 radical (unpaired) electrons. The van der Waals surface area contributed by atoms with Crippen LogP contribution in [0.15, 0.2) is 63.6 Å². The average molecular weight is 469 g/mol. The highest BCUT2D eigenvalue weighted by Crippen LogP contribution is 2.22. The van der Waals surface area contributed by atoms with Crippen molar-refractivity contribution < 1.29 is 9.32 Å². The molecule has 2 heterocycles. The Morgan fingerprint density at radius 2 is 1.87 bits per heavy atom. The maximum absolute atomic E-state index is 12.7. The van der Waals surface area contributed by atoms with Crippen LogP contribution in [0.1, 0.15) is 37.3 Å². The summed E-state index contributed by atoms with van der Waals surface area (Å²) in [7, 11) is 0. The van der Waals surface area contributed by atoms with Crippen LogP contribution in [0.2, 0.25) is 0 Å². The number of carbonyl (C=O) groups excluding carboxylic acids is 1. The van der Waals surface area contributed by atoms with E-state index in [1.165, 1.54) is 0 Å². The first kappa shape index (κ1) is 20.8. The average Bonchev–Trinajstić information content (AvgIpc) is 3.23. The molecule has 1 unspecified atom stereocenters. The van der Waals surface area contributed by atoms with E-state index in [1.54, 1.807) is 0 Å². The number of likely N-dealkylation sites (tertiary alicyclic amines) is 1. The van der Waals surface area contributed by atoms with Crippen molar-refractivity contribution in [1.82, 2.24) is 20.4 Å². The van der Waals surface area contributed by atoms with Crippen LogP contribution in [0.4, 0.5) is 0 Å². The van der Waals surface area contributed by atoms with Gasteiger partial charge in [0.05, 0.1) is 12.6 Å². The van der Waals surface area contributed by atoms with Crippen LogP contribution < -0.4 is 5.32 Å². The van der Waals surface area contributed by atoms with Gasteiger partial charge < -0.3 is 9.84 Å². The molecule has 0 aliphatic carbocycles. The number of carbonyl (C=O) groups is 1. The molecule has 156 valence electrons. The molecule has 2 aromatic carbocycles. The molecule has 1 saturated heterocycles. The number of nitrogens with one attached hydrogen (secondary N) is 1. The molecular formula is C23H25BrN4O2. The second-order valence-corrected chi connectivity index (χ2v) is 8.63. The van der Waals surface area contributed by atoms with Crippen molar-refractivity contribution in [3.63, 3.8) is 0 Å². The van der Waals surface area contributed by atoms with Gasteiger partial charge in [0.1, 0.15) is 0 Å². The van der Waals surface area contributed by atoms with Gasteiger partial charge in [0.15, 0.2) is 0 Å². The molecule has 1 atom stereocenters. The first-order chi connectivity index (χ1) is 14.6. The number of amides is 1. The lowest BCUT2D eigenvalue weighted by Crippen LogP contribution is -2.40. The van der Waals surface area contributed by atoms with Gasteiger partial charge in [-0.25, -0.2) is 0 Å². The summed E-state index contributed by atoms with van der Waals surface area (Å²) in [5.41, 5.74) is 2.05. The van der Waals surface area contributed by atoms with Crippen LogP contribution in [0, 0.1) is 5.92 Å². The van der Waals surface area contributed by atoms with Crippen LogP contribution in [-0.4, -0.2) is 34.0 Å². The third-order valence-electron chi connectivity index (χ3n) is 5.55. The Bertz CT molecular complexity index is 966. The zero-order valence-corrected chi connectivity index (χ0v) is 18.5. The van der Waals surface area contributed by atoms with Crippen molar-refractivity contribution in [1.29, 1.82) is 0 Å². The smallest absolute Gasteiger partial charge is 0.241 e. The lowest BCUT2D eigenvalue weighted by molar-refractivity contribution is -0.127. The number of nitrogens with zero attached hydrogens (tertiary/aromatic N) is 3. The minimum atomic E-state index is 0.0205. The van der Waals surface area contributed by atoms with Crippen molar-refractivity contribution in [3.05, 3.63) is 70.5 Å². The fourth-order valence-corrected chi connectivity index (χ4v) is 4.00. The van der Waals surface area contributed by atoms with E-state index in [0.717, 1.165) is 41.5 Å². The SMILES string of the molecule is CC(NC(=O)C1CCN(Cc2nc(-c3ccc(Br)cc3)no2)CC1)c1ccccc1. The second kappa shape index (κ2) is 9.53. The molecule has 0 spiro atoms. The number of halogens is 1. The van der Waals surface area contributed by atoms with Crippen LogP contribution in [0.25, 0.3) is 11.4 Å². The summed E-state index contributed by atoms with van der Waals surface area (Å²) >= 11 is 3.43. The quantitative estimate of drug-likeness (QED) is 0.572. The van der Waals surface area contributed by atoms with Crippen molar-refractivity contribution in [2.45, 2.75) is 32.4 Å². The Hall–Kier alpha value is -2.51. The standard InChI is InChI=1S/C23H25BrN4O2/c1-16(17-5-3-2-4-6-17)25-23(29)19-11-13-28(14-12-19)15-21-26-22(27-30-21)18-7-9-20(24)10-8-18/h2-10,16,19H,11-15H2,1H3,(H,25,29). The predicted molar refractivity (Wildman–Crippen MR) is 118 cm³/mol. The first-order valence-electron chi connectivity index (χ1n) is 10.2. The molecule has 4 rings (SSSR count). The van der Waals surface area contributed by atoms with Crippen molar-refractivity contribution in [2.75, 3.05) is 13.1 Å². The lowest BCUT2D eigenvalue weighted by Gasteiger charge is -2.30. The Morgan fingerprint density at radius 3 is 2.57 bits per heavy atom. The normalized spacial score (nSPS) is 16.3. The molecule has 1 aliphatic rings. The summed E-state index contributed by atoms with van der Waals surface area (Å²) in [6.45, 7) is 4.32. The van der Waals surface area contributed by atoms with E-state index in [4.69, 9.17) is 4.52 Å². The molecule has 0 saturated carbocycles. The summed E-state index contributed by atoms with van der Waals surface area (Å²) in [5.74, 6) is 1.39. The third kappa shape index (κ3) is 5.15. The van der Waals surface area contributed by atoms with Gasteiger partial charge in [0, 0.05) is 16.0 Å². The number of benzene rings is 2. The predicted octanol–water partition coefficient (Wildman–Crippen LogP) is 4.59. The fourth-order valence-electron chi connectivity index (χ4n) is 3.74. The molecule has 1 amide bonds. The van der Waals surface area contributed by atoms with Crippen LogP contribution in [-0.2, 0) is 11.3 Å². The minimum Gasteiger partial charge on any atom is -0.349 e. The van der Waals surface area contributed by atoms with Crippen LogP contribution >= 0.6 is 15.9 Å². The van der Waals surface area contributed by atoms with Gasteiger partial charge in [-0.1, -0.05) is 51.4 Å². The molecule has 1 N–H and O–H groups in total. The number of hydrogen-bond donors (Lipinski definition) is 1. The zero-order chi connectivity index (χ0) is 20.9. The Labute approximate surface area is 184 Å². The summed E-state index contributed by atoms with van der Waals surface area (Å²) in [4.78, 5) is 19.4. The van der Waals surface area contributed by atoms with Gasteiger partial charge >= 0.3 is 0 Å². The van der Waals surface area contributed by atoms with Gasteiger partial charge in [-0.3, -0.25) is 9.69 Å². The first-order valence-corrected chi connectivity index (χ1v) is 11.0. The highest BCUT2D eigenvalue weighted by atomic mass is 79.9. The molecule has 0 bridgehead atoms. The summed E-state index contributed by atoms with van der Waals surface area (Å²) in [6.07, 6.45) is 1.67. The van der Waals surface area contributed by atoms with E-state index in [-0.39, 0.29) is 17.9 Å². The molecule has 6 nitrogen and oxygen atoms in total. The number of hydrogen-bond acceptors (Lipinski definition) is 5. The van der Waals surface area contributed by atoms with E-state index < -0.39 is 0 Å². The van der Waals surface area contributed by atoms with E-state index >= 15 is 0 Å². The molecule has 7 heteroatoms. The maximum Gasteiger partial charge on any atom is 0.241 e. The van der Waals surface area contributed by atoms with Gasteiger partial charge in [0.25, 0.3) is 0 Å². The fraction of sp³-hybridized carbons (Fsp3) is 0.348. The van der Waals surface area contributed by atoms with E-state index in [0.29, 0.717) is 18.3 Å². The maximum atomic E-state index is 12.7. The molecule has 1 aliphatic heterocycles. The Kier molecular flexibility index (Phi) is 6.59. The Morgan fingerprint density at radius 1 is 1.17 bits per heavy atom. The molecule has 1 fully saturated rings. The lowest BCUT2D eigenvalue weighted by atomic mass is 9.95. The molecular weight excluding hydrogens is 444 g/mol. The monoisotopic (exact) mass is 468 g/mol. The van der Waals surface area contributed by atoms with Crippen molar-refractivity contribution >= 4 is 21.8 Å². The summed E-state index contributed by atoms with van der Waals surface area (Å²) in [5, 5.41) is 7.25. The number of rotatable bonds is 6. The van der Waals surface area contributed by atoms with Crippen LogP contribution in [0.3, 0.4) is 0 Å². The Balaban J connectivity index is 1.27. The number of piperidine rings is 1. The topological polar surface area (TPSA) is 71.3 Å². The third-order valence-corrected chi connectivity index (χ3v) is 6.07. The molecule has 30 heavy (non-hydrogen) atoms. The summed E-state index contributed by atoms with van der Waals surface area (Å²) < 4.78 is 6.45. The summed E-state index contributed by atoms with van der Waals surface area (Å²) in [6, 6.07) is 17.9. The second-order valence-electron chi connectivity index (χ2n) is 7.71. The minimum absolute atomic E-state index is 0.0205. The van der Waals surface area contributed by atoms with Crippen molar-refractivity contribution in [2.24, 2.45) is 5.92 Å². The largest absolute Gasteiger partial charge is 0.349 e. The molecule has 1 aromatic heterocycles. The molecule has 3 aromatic rings. The van der Waals surface area contributed by atoms with Crippen LogP contribution in [0.5, 0.6) is 0 Å². The highest BCUT2D eigenvalue weighted by molar-refractivity contribution is 9.10. The number of aromatic nitrogens is 2. The van der Waals surface area contributed by atoms with E-state index in [2.05, 4.69) is 36.3 Å².